The van der Waals surface area contributed by atoms with Gasteiger partial charge in [-0.2, -0.15) is 22.4 Å². The van der Waals surface area contributed by atoms with E-state index in [1.807, 2.05) is 0 Å². The molecule has 0 bridgehead atoms. The second-order valence-corrected chi connectivity index (χ2v) is 1.79. The molecular weight excluding hydrogens is 140 g/mol. The Morgan fingerprint density at radius 2 is 2.56 bits per heavy atom. The molecule has 0 unspecified atom stereocenters. The third-order valence-electron chi connectivity index (χ3n) is 0.919. The molecule has 0 spiro atoms. The molecule has 3 N–H and O–H groups in total. The lowest BCUT2D eigenvalue weighted by Gasteiger charge is -1.89. The number of H-pyrrole nitrogens is 1. The number of thiol groups is 1. The van der Waals surface area contributed by atoms with E-state index in [1.54, 1.807) is 0 Å². The van der Waals surface area contributed by atoms with Gasteiger partial charge in [-0.15, -0.1) is 0 Å². The predicted molar refractivity (Wildman–Crippen MR) is 35.7 cm³/mol. The highest BCUT2D eigenvalue weighted by Crippen LogP contribution is 1.88. The Morgan fingerprint density at radius 1 is 1.89 bits per heavy atom. The van der Waals surface area contributed by atoms with Crippen LogP contribution < -0.4 is 11.5 Å². The smallest absolute Gasteiger partial charge is 0.333 e. The summed E-state index contributed by atoms with van der Waals surface area (Å²) in [6.45, 7) is 0. The van der Waals surface area contributed by atoms with Crippen molar-refractivity contribution in [1.82, 2.24) is 14.9 Å². The van der Waals surface area contributed by atoms with Crippen LogP contribution in [-0.2, 0) is 5.75 Å². The van der Waals surface area contributed by atoms with Crippen LogP contribution in [0.15, 0.2) is 4.79 Å². The molecule has 6 heteroatoms. The fourth-order valence-corrected chi connectivity index (χ4v) is 0.672. The number of nitrogens with one attached hydrogen (secondary N) is 1. The van der Waals surface area contributed by atoms with Crippen LogP contribution in [0.4, 0.5) is 0 Å². The minimum Gasteiger partial charge on any atom is -0.333 e. The van der Waals surface area contributed by atoms with Crippen molar-refractivity contribution in [2.24, 2.45) is 0 Å². The molecule has 0 fully saturated rings. The molecule has 0 aliphatic heterocycles. The van der Waals surface area contributed by atoms with E-state index in [2.05, 4.69) is 22.8 Å². The van der Waals surface area contributed by atoms with Crippen molar-refractivity contribution in [1.29, 1.82) is 0 Å². The number of nitrogen functional groups attached to an aromatic ring is 1. The molecule has 50 valence electrons. The van der Waals surface area contributed by atoms with E-state index < -0.39 is 5.69 Å². The number of rotatable bonds is 1. The summed E-state index contributed by atoms with van der Waals surface area (Å²) in [7, 11) is 0. The summed E-state index contributed by atoms with van der Waals surface area (Å²) < 4.78 is 0.924. The Kier molecular flexibility index (Phi) is 1.48. The minimum atomic E-state index is -0.418. The van der Waals surface area contributed by atoms with Crippen molar-refractivity contribution in [3.05, 3.63) is 16.3 Å². The van der Waals surface area contributed by atoms with Gasteiger partial charge in [-0.25, -0.2) is 9.89 Å². The zero-order chi connectivity index (χ0) is 6.85. The summed E-state index contributed by atoms with van der Waals surface area (Å²) in [5.74, 6) is 5.96. The van der Waals surface area contributed by atoms with Gasteiger partial charge in [-0.3, -0.25) is 0 Å². The summed E-state index contributed by atoms with van der Waals surface area (Å²) in [5.41, 5.74) is -0.418. The first-order valence-corrected chi connectivity index (χ1v) is 2.91. The Morgan fingerprint density at radius 3 is 2.78 bits per heavy atom. The maximum Gasteiger partial charge on any atom is 0.361 e. The highest BCUT2D eigenvalue weighted by atomic mass is 32.1. The first-order chi connectivity index (χ1) is 4.25. The molecule has 1 aromatic rings. The van der Waals surface area contributed by atoms with Crippen LogP contribution in [0.5, 0.6) is 0 Å². The third kappa shape index (κ3) is 0.925. The summed E-state index contributed by atoms with van der Waals surface area (Å²) >= 11 is 3.87. The molecule has 0 saturated carbocycles. The molecule has 0 aliphatic rings. The molecule has 5 nitrogen and oxygen atoms in total. The van der Waals surface area contributed by atoms with Crippen LogP contribution >= 0.6 is 12.6 Å². The zero-order valence-corrected chi connectivity index (χ0v) is 5.43. The second-order valence-electron chi connectivity index (χ2n) is 1.47. The molecule has 0 aromatic carbocycles. The summed E-state index contributed by atoms with van der Waals surface area (Å²) in [6, 6.07) is 0. The van der Waals surface area contributed by atoms with E-state index in [4.69, 9.17) is 5.84 Å². The Bertz CT molecular complexity index is 251. The number of nitrogens with zero attached hydrogens (tertiary/aromatic N) is 2. The van der Waals surface area contributed by atoms with Crippen LogP contribution in [0.25, 0.3) is 0 Å². The largest absolute Gasteiger partial charge is 0.361 e. The Hall–Kier alpha value is -0.910. The van der Waals surface area contributed by atoms with Gasteiger partial charge in [0, 0.05) is 0 Å². The van der Waals surface area contributed by atoms with Gasteiger partial charge in [-0.05, 0) is 0 Å². The molecular formula is C3H6N4OS. The normalized spacial score (nSPS) is 9.89. The number of aromatic amines is 1. The molecule has 1 aromatic heterocycles. The lowest BCUT2D eigenvalue weighted by molar-refractivity contribution is 0.887. The van der Waals surface area contributed by atoms with Crippen molar-refractivity contribution >= 4 is 12.6 Å². The molecule has 0 radical (unpaired) electrons. The Balaban J connectivity index is 3.20. The van der Waals surface area contributed by atoms with Gasteiger partial charge in [0.15, 0.2) is 5.82 Å². The number of hydrogen-bond donors (Lipinski definition) is 3. The average molecular weight is 146 g/mol. The van der Waals surface area contributed by atoms with Gasteiger partial charge in [0.25, 0.3) is 0 Å². The maximum atomic E-state index is 10.5. The SMILES string of the molecule is Nn1c(CS)n[nH]c1=O. The monoisotopic (exact) mass is 146 g/mol. The van der Waals surface area contributed by atoms with Gasteiger partial charge in [-0.1, -0.05) is 0 Å². The zero-order valence-electron chi connectivity index (χ0n) is 4.53. The average Bonchev–Trinajstić information content (AvgIpc) is 2.15. The van der Waals surface area contributed by atoms with Crippen LogP contribution in [0, 0.1) is 0 Å². The molecule has 0 atom stereocenters. The third-order valence-corrected chi connectivity index (χ3v) is 1.20. The van der Waals surface area contributed by atoms with Gasteiger partial charge < -0.3 is 5.84 Å². The highest BCUT2D eigenvalue weighted by Gasteiger charge is 1.99. The summed E-state index contributed by atoms with van der Waals surface area (Å²) in [6.07, 6.45) is 0. The lowest BCUT2D eigenvalue weighted by atomic mass is 10.7. The van der Waals surface area contributed by atoms with Crippen molar-refractivity contribution in [2.45, 2.75) is 5.75 Å². The van der Waals surface area contributed by atoms with E-state index in [1.165, 1.54) is 0 Å². The Labute approximate surface area is 56.2 Å². The van der Waals surface area contributed by atoms with Crippen LogP contribution in [0.2, 0.25) is 0 Å². The van der Waals surface area contributed by atoms with Gasteiger partial charge in [0.05, 0.1) is 5.75 Å². The van der Waals surface area contributed by atoms with Gasteiger partial charge in [0.2, 0.25) is 0 Å². The van der Waals surface area contributed by atoms with Gasteiger partial charge in [0.1, 0.15) is 0 Å². The van der Waals surface area contributed by atoms with E-state index >= 15 is 0 Å². The molecule has 0 amide bonds. The van der Waals surface area contributed by atoms with Crippen molar-refractivity contribution in [3.8, 4) is 0 Å². The fourth-order valence-electron chi connectivity index (χ4n) is 0.449. The first kappa shape index (κ1) is 6.21. The molecule has 9 heavy (non-hydrogen) atoms. The van der Waals surface area contributed by atoms with E-state index in [0.717, 1.165) is 4.68 Å². The number of nitrogens with two attached hydrogens (primary N) is 1. The molecule has 1 rings (SSSR count). The first-order valence-electron chi connectivity index (χ1n) is 2.28. The number of hydrogen-bond acceptors (Lipinski definition) is 4. The number of aromatic nitrogens is 3. The predicted octanol–water partition coefficient (Wildman–Crippen LogP) is -1.29. The second kappa shape index (κ2) is 2.14. The lowest BCUT2D eigenvalue weighted by Crippen LogP contribution is -2.25. The topological polar surface area (TPSA) is 76.7 Å². The summed E-state index contributed by atoms with van der Waals surface area (Å²) in [4.78, 5) is 10.5. The van der Waals surface area contributed by atoms with Crippen LogP contribution in [-0.4, -0.2) is 14.9 Å². The van der Waals surface area contributed by atoms with Crippen LogP contribution in [0.3, 0.4) is 0 Å². The molecule has 0 aliphatic carbocycles. The maximum absolute atomic E-state index is 10.5. The summed E-state index contributed by atoms with van der Waals surface area (Å²) in [5, 5.41) is 5.73. The fraction of sp³-hybridized carbons (Fsp3) is 0.333. The minimum absolute atomic E-state index is 0.356. The van der Waals surface area contributed by atoms with Crippen molar-refractivity contribution in [2.75, 3.05) is 5.84 Å². The van der Waals surface area contributed by atoms with Gasteiger partial charge >= 0.3 is 5.69 Å². The quantitative estimate of drug-likeness (QED) is 0.341. The standard InChI is InChI=1S/C3H6N4OS/c4-7-2(1-9)5-6-3(7)8/h9H,1,4H2,(H,6,8). The molecule has 1 heterocycles. The highest BCUT2D eigenvalue weighted by molar-refractivity contribution is 7.79. The van der Waals surface area contributed by atoms with Crippen LogP contribution in [0.1, 0.15) is 5.82 Å². The molecule has 0 saturated heterocycles. The van der Waals surface area contributed by atoms with E-state index in [-0.39, 0.29) is 0 Å². The van der Waals surface area contributed by atoms with Crippen molar-refractivity contribution < 1.29 is 0 Å². The van der Waals surface area contributed by atoms with E-state index in [9.17, 15) is 4.79 Å². The van der Waals surface area contributed by atoms with Crippen molar-refractivity contribution in [3.63, 3.8) is 0 Å². The van der Waals surface area contributed by atoms with E-state index in [0.29, 0.717) is 11.6 Å².